The molecule has 11 heteroatoms. The molecule has 0 aromatic carbocycles. The lowest BCUT2D eigenvalue weighted by atomic mass is 10.1. The van der Waals surface area contributed by atoms with Gasteiger partial charge in [-0.05, 0) is 38.5 Å². The number of aliphatic hydroxyl groups is 2. The number of hydrogen-bond acceptors (Lipinski definition) is 9. The van der Waals surface area contributed by atoms with Crippen molar-refractivity contribution in [2.75, 3.05) is 26.4 Å². The van der Waals surface area contributed by atoms with Crippen molar-refractivity contribution in [3.8, 4) is 0 Å². The maximum atomic E-state index is 12.1. The van der Waals surface area contributed by atoms with Gasteiger partial charge in [-0.3, -0.25) is 18.6 Å². The fraction of sp³-hybridized carbons (Fsp3) is 0.818. The summed E-state index contributed by atoms with van der Waals surface area (Å²) in [6, 6.07) is 0. The number of aliphatic hydroxyl groups excluding tert-OH is 2. The van der Waals surface area contributed by atoms with Gasteiger partial charge in [-0.25, -0.2) is 4.57 Å². The molecule has 0 spiro atoms. The molecule has 0 aliphatic rings. The Bertz CT molecular complexity index is 801. The normalized spacial score (nSPS) is 14.6. The van der Waals surface area contributed by atoms with E-state index in [2.05, 4.69) is 31.2 Å². The standard InChI is InChI=1S/C33H61O10P/c1-3-5-6-7-8-9-10-11-12-13-14-15-16-17-18-19-20-21-22-23-24-25-33(37)43-31(27-35)29-41-44(38,39)40-28-30(26-34)42-32(36)4-2/h10-11,13-14,30-31,34-35H,3-9,12,15-29H2,1-2H3,(H,38,39)/b11-10-,14-13-. The lowest BCUT2D eigenvalue weighted by Crippen LogP contribution is -2.28. The Balaban J connectivity index is 3.75. The number of carbonyl (C=O) groups excluding carboxylic acids is 2. The van der Waals surface area contributed by atoms with Crippen molar-refractivity contribution in [3.05, 3.63) is 24.3 Å². The molecule has 0 bridgehead atoms. The third-order valence-electron chi connectivity index (χ3n) is 6.97. The predicted molar refractivity (Wildman–Crippen MR) is 173 cm³/mol. The molecule has 0 saturated heterocycles. The summed E-state index contributed by atoms with van der Waals surface area (Å²) in [6.45, 7) is 1.51. The van der Waals surface area contributed by atoms with Crippen molar-refractivity contribution in [2.24, 2.45) is 0 Å². The molecular weight excluding hydrogens is 587 g/mol. The third-order valence-corrected chi connectivity index (χ3v) is 7.92. The monoisotopic (exact) mass is 648 g/mol. The zero-order valence-electron chi connectivity index (χ0n) is 27.4. The Morgan fingerprint density at radius 1 is 0.636 bits per heavy atom. The highest BCUT2D eigenvalue weighted by atomic mass is 31.2. The van der Waals surface area contributed by atoms with Gasteiger partial charge >= 0.3 is 19.8 Å². The number of ether oxygens (including phenoxy) is 2. The molecule has 0 fully saturated rings. The molecule has 258 valence electrons. The fourth-order valence-electron chi connectivity index (χ4n) is 4.30. The van der Waals surface area contributed by atoms with Gasteiger partial charge in [0, 0.05) is 12.8 Å². The Labute approximate surface area is 266 Å². The highest BCUT2D eigenvalue weighted by molar-refractivity contribution is 7.47. The van der Waals surface area contributed by atoms with Crippen molar-refractivity contribution in [3.63, 3.8) is 0 Å². The molecule has 3 atom stereocenters. The quantitative estimate of drug-likeness (QED) is 0.0299. The van der Waals surface area contributed by atoms with Gasteiger partial charge < -0.3 is 24.6 Å². The summed E-state index contributed by atoms with van der Waals surface area (Å²) in [4.78, 5) is 33.2. The van der Waals surface area contributed by atoms with Crippen LogP contribution >= 0.6 is 7.82 Å². The molecule has 0 saturated carbocycles. The van der Waals surface area contributed by atoms with Gasteiger partial charge in [0.1, 0.15) is 12.2 Å². The first-order valence-electron chi connectivity index (χ1n) is 16.8. The molecule has 44 heavy (non-hydrogen) atoms. The summed E-state index contributed by atoms with van der Waals surface area (Å²) in [5, 5.41) is 18.6. The number of hydrogen-bond donors (Lipinski definition) is 3. The van der Waals surface area contributed by atoms with Gasteiger partial charge in [0.05, 0.1) is 26.4 Å². The highest BCUT2D eigenvalue weighted by Crippen LogP contribution is 2.43. The first-order valence-corrected chi connectivity index (χ1v) is 18.3. The first kappa shape index (κ1) is 42.5. The lowest BCUT2D eigenvalue weighted by Gasteiger charge is -2.20. The van der Waals surface area contributed by atoms with Crippen molar-refractivity contribution in [2.45, 2.75) is 148 Å². The molecular formula is C33H61O10P. The van der Waals surface area contributed by atoms with E-state index in [0.29, 0.717) is 6.42 Å². The van der Waals surface area contributed by atoms with Crippen LogP contribution in [-0.2, 0) is 32.7 Å². The summed E-state index contributed by atoms with van der Waals surface area (Å²) < 4.78 is 31.5. The number of phosphoric acid groups is 1. The first-order chi connectivity index (χ1) is 21.3. The molecule has 0 amide bonds. The number of carbonyl (C=O) groups is 2. The van der Waals surface area contributed by atoms with Crippen LogP contribution in [-0.4, -0.2) is 65.7 Å². The number of allylic oxidation sites excluding steroid dienone is 4. The van der Waals surface area contributed by atoms with E-state index in [9.17, 15) is 29.3 Å². The predicted octanol–water partition coefficient (Wildman–Crippen LogP) is 7.49. The molecule has 0 aromatic heterocycles. The summed E-state index contributed by atoms with van der Waals surface area (Å²) in [6.07, 6.45) is 27.2. The zero-order chi connectivity index (χ0) is 32.7. The summed E-state index contributed by atoms with van der Waals surface area (Å²) in [5.41, 5.74) is 0. The average molecular weight is 649 g/mol. The Morgan fingerprint density at radius 2 is 1.07 bits per heavy atom. The van der Waals surface area contributed by atoms with Crippen LogP contribution in [0.3, 0.4) is 0 Å². The van der Waals surface area contributed by atoms with E-state index in [1.54, 1.807) is 6.92 Å². The number of phosphoric ester groups is 1. The summed E-state index contributed by atoms with van der Waals surface area (Å²) in [7, 11) is -4.59. The maximum absolute atomic E-state index is 12.1. The molecule has 10 nitrogen and oxygen atoms in total. The van der Waals surface area contributed by atoms with Crippen LogP contribution in [0.25, 0.3) is 0 Å². The summed E-state index contributed by atoms with van der Waals surface area (Å²) in [5.74, 6) is -1.11. The van der Waals surface area contributed by atoms with E-state index in [4.69, 9.17) is 18.5 Å². The molecule has 0 radical (unpaired) electrons. The number of esters is 2. The minimum Gasteiger partial charge on any atom is -0.457 e. The van der Waals surface area contributed by atoms with Crippen LogP contribution < -0.4 is 0 Å². The Hall–Kier alpha value is -1.55. The van der Waals surface area contributed by atoms with E-state index >= 15 is 0 Å². The molecule has 3 unspecified atom stereocenters. The summed E-state index contributed by atoms with van der Waals surface area (Å²) >= 11 is 0. The Morgan fingerprint density at radius 3 is 1.52 bits per heavy atom. The van der Waals surface area contributed by atoms with E-state index in [0.717, 1.165) is 32.1 Å². The van der Waals surface area contributed by atoms with E-state index in [-0.39, 0.29) is 12.8 Å². The topological polar surface area (TPSA) is 149 Å². The van der Waals surface area contributed by atoms with Crippen LogP contribution in [0.5, 0.6) is 0 Å². The minimum atomic E-state index is -4.59. The van der Waals surface area contributed by atoms with Crippen molar-refractivity contribution in [1.82, 2.24) is 0 Å². The van der Waals surface area contributed by atoms with Crippen LogP contribution in [0.2, 0.25) is 0 Å². The second-order valence-corrected chi connectivity index (χ2v) is 12.6. The molecule has 0 heterocycles. The van der Waals surface area contributed by atoms with Gasteiger partial charge in [-0.2, -0.15) is 0 Å². The largest absolute Gasteiger partial charge is 0.472 e. The van der Waals surface area contributed by atoms with Gasteiger partial charge in [0.15, 0.2) is 0 Å². The molecule has 0 aliphatic heterocycles. The molecule has 0 rings (SSSR count). The minimum absolute atomic E-state index is 0.0733. The highest BCUT2D eigenvalue weighted by Gasteiger charge is 2.27. The lowest BCUT2D eigenvalue weighted by molar-refractivity contribution is -0.153. The van der Waals surface area contributed by atoms with Gasteiger partial charge in [-0.15, -0.1) is 0 Å². The van der Waals surface area contributed by atoms with E-state index in [1.165, 1.54) is 70.6 Å². The van der Waals surface area contributed by atoms with E-state index < -0.39 is 58.4 Å². The van der Waals surface area contributed by atoms with Crippen LogP contribution in [0.15, 0.2) is 24.3 Å². The van der Waals surface area contributed by atoms with Crippen molar-refractivity contribution >= 4 is 19.8 Å². The Kier molecular flexibility index (Phi) is 29.1. The van der Waals surface area contributed by atoms with Gasteiger partial charge in [0.25, 0.3) is 0 Å². The average Bonchev–Trinajstić information content (AvgIpc) is 3.01. The molecule has 0 aliphatic carbocycles. The smallest absolute Gasteiger partial charge is 0.457 e. The number of rotatable bonds is 31. The zero-order valence-corrected chi connectivity index (χ0v) is 28.3. The molecule has 0 aromatic rings. The van der Waals surface area contributed by atoms with E-state index in [1.807, 2.05) is 0 Å². The van der Waals surface area contributed by atoms with Crippen molar-refractivity contribution in [1.29, 1.82) is 0 Å². The van der Waals surface area contributed by atoms with Crippen molar-refractivity contribution < 1.29 is 47.8 Å². The molecule has 3 N–H and O–H groups in total. The fourth-order valence-corrected chi connectivity index (χ4v) is 5.08. The van der Waals surface area contributed by atoms with Crippen LogP contribution in [0.4, 0.5) is 0 Å². The second-order valence-electron chi connectivity index (χ2n) is 11.1. The van der Waals surface area contributed by atoms with Crippen LogP contribution in [0, 0.1) is 0 Å². The maximum Gasteiger partial charge on any atom is 0.472 e. The van der Waals surface area contributed by atoms with Crippen LogP contribution in [0.1, 0.15) is 136 Å². The number of unbranched alkanes of at least 4 members (excludes halogenated alkanes) is 14. The SMILES string of the molecule is CCCCCCC/C=C\C/C=C\CCCCCCCCCCCC(=O)OC(CO)COP(=O)(O)OCC(CO)OC(=O)CC. The third kappa shape index (κ3) is 28.0. The van der Waals surface area contributed by atoms with Gasteiger partial charge in [0.2, 0.25) is 0 Å². The van der Waals surface area contributed by atoms with Gasteiger partial charge in [-0.1, -0.05) is 109 Å². The second kappa shape index (κ2) is 30.1.